The molecule has 6 nitrogen and oxygen atoms in total. The first-order chi connectivity index (χ1) is 12.2. The number of benzene rings is 1. The highest BCUT2D eigenvalue weighted by molar-refractivity contribution is 8.26. The summed E-state index contributed by atoms with van der Waals surface area (Å²) in [6.07, 6.45) is 0.287. The molecule has 2 amide bonds. The number of thiocarbonyl (C=S) groups is 1. The van der Waals surface area contributed by atoms with Crippen LogP contribution in [0.1, 0.15) is 25.8 Å². The van der Waals surface area contributed by atoms with E-state index < -0.39 is 17.9 Å². The summed E-state index contributed by atoms with van der Waals surface area (Å²) in [6.45, 7) is 3.77. The van der Waals surface area contributed by atoms with E-state index in [1.807, 2.05) is 19.9 Å². The first kappa shape index (κ1) is 18.6. The van der Waals surface area contributed by atoms with E-state index >= 15 is 0 Å². The number of para-hydroxylation sites is 1. The van der Waals surface area contributed by atoms with Crippen molar-refractivity contribution in [2.45, 2.75) is 26.3 Å². The molecule has 0 saturated carbocycles. The van der Waals surface area contributed by atoms with E-state index in [4.69, 9.17) is 12.2 Å². The largest absolute Gasteiger partial charge is 0.480 e. The standard InChI is InChI=1S/C18H18N2O4S2/c1-9(2)8-12(17(23)24)20-16(22)14(26-18(20)25)13-10-6-4-5-7-11(10)19(3)15(13)21/h4-7,9,12H,8H2,1-3H3,(H,23,24)/b14-13-/t12-/m1/s1. The average Bonchev–Trinajstić information content (AvgIpc) is 2.99. The predicted molar refractivity (Wildman–Crippen MR) is 105 cm³/mol. The lowest BCUT2D eigenvalue weighted by atomic mass is 10.0. The molecule has 1 aromatic carbocycles. The number of amides is 2. The zero-order valence-corrected chi connectivity index (χ0v) is 16.2. The Morgan fingerprint density at radius 2 is 1.88 bits per heavy atom. The van der Waals surface area contributed by atoms with Crippen molar-refractivity contribution < 1.29 is 19.5 Å². The van der Waals surface area contributed by atoms with Gasteiger partial charge >= 0.3 is 5.97 Å². The quantitative estimate of drug-likeness (QED) is 0.629. The third-order valence-corrected chi connectivity index (χ3v) is 5.77. The summed E-state index contributed by atoms with van der Waals surface area (Å²) in [7, 11) is 1.65. The molecular weight excluding hydrogens is 372 g/mol. The van der Waals surface area contributed by atoms with Gasteiger partial charge in [0, 0.05) is 12.6 Å². The second-order valence-electron chi connectivity index (χ2n) is 6.61. The van der Waals surface area contributed by atoms with E-state index in [2.05, 4.69) is 0 Å². The molecule has 1 fully saturated rings. The SMILES string of the molecule is CC(C)C[C@H](C(=O)O)N1C(=O)/C(=C2/C(=O)N(C)c3ccccc32)SC1=S. The number of fused-ring (bicyclic) bond motifs is 1. The first-order valence-corrected chi connectivity index (χ1v) is 9.36. The second kappa shape index (κ2) is 6.85. The van der Waals surface area contributed by atoms with Crippen LogP contribution in [0, 0.1) is 5.92 Å². The van der Waals surface area contributed by atoms with Crippen LogP contribution in [-0.2, 0) is 14.4 Å². The molecule has 2 aliphatic rings. The molecule has 0 unspecified atom stereocenters. The van der Waals surface area contributed by atoms with Crippen LogP contribution in [-0.4, -0.2) is 45.2 Å². The van der Waals surface area contributed by atoms with Gasteiger partial charge < -0.3 is 10.0 Å². The third kappa shape index (κ3) is 2.93. The predicted octanol–water partition coefficient (Wildman–Crippen LogP) is 2.73. The van der Waals surface area contributed by atoms with Crippen molar-refractivity contribution in [2.24, 2.45) is 5.92 Å². The van der Waals surface area contributed by atoms with Crippen LogP contribution in [0.4, 0.5) is 5.69 Å². The Labute approximate surface area is 160 Å². The van der Waals surface area contributed by atoms with Crippen molar-refractivity contribution in [2.75, 3.05) is 11.9 Å². The summed E-state index contributed by atoms with van der Waals surface area (Å²) < 4.78 is 0.172. The average molecular weight is 390 g/mol. The Kier molecular flexibility index (Phi) is 4.90. The van der Waals surface area contributed by atoms with Crippen LogP contribution in [0.2, 0.25) is 0 Å². The molecule has 3 rings (SSSR count). The summed E-state index contributed by atoms with van der Waals surface area (Å²) in [5.74, 6) is -1.83. The Morgan fingerprint density at radius 1 is 1.23 bits per heavy atom. The van der Waals surface area contributed by atoms with Gasteiger partial charge in [-0.25, -0.2) is 4.79 Å². The smallest absolute Gasteiger partial charge is 0.326 e. The second-order valence-corrected chi connectivity index (χ2v) is 8.26. The highest BCUT2D eigenvalue weighted by Gasteiger charge is 2.45. The number of rotatable bonds is 4. The van der Waals surface area contributed by atoms with Crippen molar-refractivity contribution in [3.8, 4) is 0 Å². The van der Waals surface area contributed by atoms with Crippen LogP contribution in [0.25, 0.3) is 5.57 Å². The minimum Gasteiger partial charge on any atom is -0.480 e. The Balaban J connectivity index is 2.08. The molecule has 0 radical (unpaired) electrons. The maximum absolute atomic E-state index is 13.0. The molecule has 2 aliphatic heterocycles. The number of carboxylic acid groups (broad SMARTS) is 1. The van der Waals surface area contributed by atoms with Gasteiger partial charge in [0.2, 0.25) is 0 Å². The molecular formula is C18H18N2O4S2. The van der Waals surface area contributed by atoms with E-state index in [9.17, 15) is 19.5 Å². The first-order valence-electron chi connectivity index (χ1n) is 8.14. The lowest BCUT2D eigenvalue weighted by molar-refractivity contribution is -0.145. The van der Waals surface area contributed by atoms with E-state index in [0.717, 1.165) is 22.3 Å². The number of hydrogen-bond donors (Lipinski definition) is 1. The lowest BCUT2D eigenvalue weighted by Gasteiger charge is -2.24. The van der Waals surface area contributed by atoms with Crippen molar-refractivity contribution in [1.82, 2.24) is 4.90 Å². The zero-order valence-electron chi connectivity index (χ0n) is 14.6. The Morgan fingerprint density at radius 3 is 2.50 bits per heavy atom. The summed E-state index contributed by atoms with van der Waals surface area (Å²) in [4.78, 5) is 40.3. The van der Waals surface area contributed by atoms with Gasteiger partial charge in [0.1, 0.15) is 10.4 Å². The number of thioether (sulfide) groups is 1. The number of nitrogens with zero attached hydrogens (tertiary/aromatic N) is 2. The summed E-state index contributed by atoms with van der Waals surface area (Å²) in [5, 5.41) is 9.57. The molecule has 8 heteroatoms. The minimum atomic E-state index is -1.10. The molecule has 2 heterocycles. The molecule has 0 aliphatic carbocycles. The molecule has 1 atom stereocenters. The molecule has 1 aromatic rings. The van der Waals surface area contributed by atoms with Gasteiger partial charge in [-0.1, -0.05) is 56.0 Å². The van der Waals surface area contributed by atoms with Crippen LogP contribution < -0.4 is 4.90 Å². The molecule has 0 aromatic heterocycles. The molecule has 136 valence electrons. The number of likely N-dealkylation sites (N-methyl/N-ethyl adjacent to an activating group) is 1. The van der Waals surface area contributed by atoms with Gasteiger partial charge in [-0.15, -0.1) is 0 Å². The van der Waals surface area contributed by atoms with Gasteiger partial charge in [0.15, 0.2) is 0 Å². The summed E-state index contributed by atoms with van der Waals surface area (Å²) >= 11 is 6.29. The maximum atomic E-state index is 13.0. The van der Waals surface area contributed by atoms with Gasteiger partial charge in [0.05, 0.1) is 16.2 Å². The fourth-order valence-corrected chi connectivity index (χ4v) is 4.58. The highest BCUT2D eigenvalue weighted by atomic mass is 32.2. The monoisotopic (exact) mass is 390 g/mol. The van der Waals surface area contributed by atoms with Gasteiger partial charge in [0.25, 0.3) is 11.8 Å². The lowest BCUT2D eigenvalue weighted by Crippen LogP contribution is -2.44. The van der Waals surface area contributed by atoms with E-state index in [-0.39, 0.29) is 33.0 Å². The van der Waals surface area contributed by atoms with E-state index in [0.29, 0.717) is 5.56 Å². The number of aliphatic carboxylic acids is 1. The summed E-state index contributed by atoms with van der Waals surface area (Å²) in [6, 6.07) is 6.16. The van der Waals surface area contributed by atoms with Crippen molar-refractivity contribution in [1.29, 1.82) is 0 Å². The van der Waals surface area contributed by atoms with E-state index in [1.54, 1.807) is 25.2 Å². The van der Waals surface area contributed by atoms with Crippen LogP contribution in [0.3, 0.4) is 0 Å². The van der Waals surface area contributed by atoms with Crippen molar-refractivity contribution in [3.05, 3.63) is 34.7 Å². The van der Waals surface area contributed by atoms with E-state index in [1.165, 1.54) is 4.90 Å². The Hall–Kier alpha value is -2.19. The topological polar surface area (TPSA) is 77.9 Å². The fraction of sp³-hybridized carbons (Fsp3) is 0.333. The Bertz CT molecular complexity index is 863. The fourth-order valence-electron chi connectivity index (χ4n) is 3.15. The number of anilines is 1. The van der Waals surface area contributed by atoms with Crippen LogP contribution in [0.15, 0.2) is 29.2 Å². The van der Waals surface area contributed by atoms with Gasteiger partial charge in [-0.3, -0.25) is 14.5 Å². The normalized spacial score (nSPS) is 21.0. The highest BCUT2D eigenvalue weighted by Crippen LogP contribution is 2.44. The van der Waals surface area contributed by atoms with Crippen molar-refractivity contribution >= 4 is 57.3 Å². The molecule has 1 saturated heterocycles. The zero-order chi connectivity index (χ0) is 19.2. The van der Waals surface area contributed by atoms with Crippen molar-refractivity contribution in [3.63, 3.8) is 0 Å². The molecule has 0 bridgehead atoms. The number of hydrogen-bond acceptors (Lipinski definition) is 5. The molecule has 0 spiro atoms. The maximum Gasteiger partial charge on any atom is 0.326 e. The van der Waals surface area contributed by atoms with Gasteiger partial charge in [-0.05, 0) is 18.4 Å². The molecule has 1 N–H and O–H groups in total. The molecule has 26 heavy (non-hydrogen) atoms. The minimum absolute atomic E-state index is 0.0772. The van der Waals surface area contributed by atoms with Gasteiger partial charge in [-0.2, -0.15) is 0 Å². The van der Waals surface area contributed by atoms with Crippen LogP contribution in [0.5, 0.6) is 0 Å². The number of carbonyl (C=O) groups excluding carboxylic acids is 2. The third-order valence-electron chi connectivity index (χ3n) is 4.37. The van der Waals surface area contributed by atoms with Crippen LogP contribution >= 0.6 is 24.0 Å². The number of carbonyl (C=O) groups is 3. The summed E-state index contributed by atoms with van der Waals surface area (Å²) in [5.41, 5.74) is 1.67. The number of carboxylic acids is 1.